The molecule has 0 spiro atoms. The SMILES string of the molecule is CC(Cc1ccc(CO)cc1)C(=O)c1ccccc1. The van der Waals surface area contributed by atoms with E-state index in [1.165, 1.54) is 0 Å². The lowest BCUT2D eigenvalue weighted by Gasteiger charge is -2.11. The van der Waals surface area contributed by atoms with Gasteiger partial charge in [0.05, 0.1) is 6.61 Å². The number of aliphatic hydroxyl groups excluding tert-OH is 1. The van der Waals surface area contributed by atoms with Gasteiger partial charge in [-0.1, -0.05) is 61.5 Å². The number of aliphatic hydroxyl groups is 1. The van der Waals surface area contributed by atoms with E-state index >= 15 is 0 Å². The van der Waals surface area contributed by atoms with Crippen molar-refractivity contribution >= 4 is 5.78 Å². The van der Waals surface area contributed by atoms with Crippen molar-refractivity contribution in [3.05, 3.63) is 71.3 Å². The van der Waals surface area contributed by atoms with Crippen LogP contribution in [-0.2, 0) is 13.0 Å². The molecule has 19 heavy (non-hydrogen) atoms. The molecular formula is C17H18O2. The number of carbonyl (C=O) groups is 1. The van der Waals surface area contributed by atoms with Crippen molar-refractivity contribution in [2.24, 2.45) is 5.92 Å². The number of carbonyl (C=O) groups excluding carboxylic acids is 1. The highest BCUT2D eigenvalue weighted by Gasteiger charge is 2.15. The second-order valence-corrected chi connectivity index (χ2v) is 4.81. The fourth-order valence-corrected chi connectivity index (χ4v) is 2.11. The van der Waals surface area contributed by atoms with Gasteiger partial charge in [-0.3, -0.25) is 4.79 Å². The maximum Gasteiger partial charge on any atom is 0.165 e. The Morgan fingerprint density at radius 1 is 1.00 bits per heavy atom. The zero-order valence-electron chi connectivity index (χ0n) is 11.0. The van der Waals surface area contributed by atoms with E-state index in [9.17, 15) is 4.79 Å². The highest BCUT2D eigenvalue weighted by molar-refractivity contribution is 5.97. The summed E-state index contributed by atoms with van der Waals surface area (Å²) in [5.41, 5.74) is 2.78. The van der Waals surface area contributed by atoms with Gasteiger partial charge in [-0.2, -0.15) is 0 Å². The first-order valence-corrected chi connectivity index (χ1v) is 6.48. The quantitative estimate of drug-likeness (QED) is 0.832. The molecule has 1 atom stereocenters. The van der Waals surface area contributed by atoms with Crippen LogP contribution < -0.4 is 0 Å². The average Bonchev–Trinajstić information content (AvgIpc) is 2.48. The van der Waals surface area contributed by atoms with Crippen molar-refractivity contribution in [2.45, 2.75) is 20.0 Å². The molecule has 98 valence electrons. The summed E-state index contributed by atoms with van der Waals surface area (Å²) in [4.78, 5) is 12.2. The van der Waals surface area contributed by atoms with Crippen LogP contribution in [0.4, 0.5) is 0 Å². The molecular weight excluding hydrogens is 236 g/mol. The Kier molecular flexibility index (Phi) is 4.48. The molecule has 2 aromatic rings. The second kappa shape index (κ2) is 6.30. The first-order chi connectivity index (χ1) is 9.20. The third-order valence-corrected chi connectivity index (χ3v) is 3.25. The zero-order chi connectivity index (χ0) is 13.7. The normalized spacial score (nSPS) is 12.1. The summed E-state index contributed by atoms with van der Waals surface area (Å²) in [6.45, 7) is 2.01. The van der Waals surface area contributed by atoms with Crippen molar-refractivity contribution < 1.29 is 9.90 Å². The van der Waals surface area contributed by atoms with Gasteiger partial charge in [0.15, 0.2) is 5.78 Å². The first-order valence-electron chi connectivity index (χ1n) is 6.48. The number of hydrogen-bond acceptors (Lipinski definition) is 2. The predicted octanol–water partition coefficient (Wildman–Crippen LogP) is 3.24. The fourth-order valence-electron chi connectivity index (χ4n) is 2.11. The summed E-state index contributed by atoms with van der Waals surface area (Å²) in [5, 5.41) is 8.99. The minimum atomic E-state index is -0.0395. The summed E-state index contributed by atoms with van der Waals surface area (Å²) in [5.74, 6) is 0.134. The van der Waals surface area contributed by atoms with E-state index in [0.29, 0.717) is 0 Å². The molecule has 2 heteroatoms. The molecule has 2 rings (SSSR count). The van der Waals surface area contributed by atoms with Gasteiger partial charge in [-0.05, 0) is 17.5 Å². The lowest BCUT2D eigenvalue weighted by Crippen LogP contribution is -2.13. The van der Waals surface area contributed by atoms with Crippen LogP contribution in [0, 0.1) is 5.92 Å². The summed E-state index contributed by atoms with van der Waals surface area (Å²) in [6.07, 6.45) is 0.722. The highest BCUT2D eigenvalue weighted by Crippen LogP contribution is 2.15. The van der Waals surface area contributed by atoms with Crippen LogP contribution in [0.2, 0.25) is 0 Å². The lowest BCUT2D eigenvalue weighted by atomic mass is 9.92. The predicted molar refractivity (Wildman–Crippen MR) is 76.0 cm³/mol. The van der Waals surface area contributed by atoms with E-state index in [1.54, 1.807) is 0 Å². The monoisotopic (exact) mass is 254 g/mol. The van der Waals surface area contributed by atoms with E-state index in [-0.39, 0.29) is 18.3 Å². The minimum absolute atomic E-state index is 0.0395. The summed E-state index contributed by atoms with van der Waals surface area (Å²) in [7, 11) is 0. The molecule has 0 aliphatic heterocycles. The smallest absolute Gasteiger partial charge is 0.165 e. The average molecular weight is 254 g/mol. The molecule has 2 nitrogen and oxygen atoms in total. The van der Waals surface area contributed by atoms with E-state index in [0.717, 1.165) is 23.1 Å². The van der Waals surface area contributed by atoms with Crippen LogP contribution in [0.25, 0.3) is 0 Å². The van der Waals surface area contributed by atoms with Crippen molar-refractivity contribution in [1.29, 1.82) is 0 Å². The van der Waals surface area contributed by atoms with Crippen LogP contribution in [0.3, 0.4) is 0 Å². The van der Waals surface area contributed by atoms with Gasteiger partial charge in [-0.25, -0.2) is 0 Å². The molecule has 0 amide bonds. The molecule has 0 radical (unpaired) electrons. The molecule has 0 fully saturated rings. The van der Waals surface area contributed by atoms with E-state index < -0.39 is 0 Å². The standard InChI is InChI=1S/C17H18O2/c1-13(17(19)16-5-3-2-4-6-16)11-14-7-9-15(12-18)10-8-14/h2-10,13,18H,11-12H2,1H3. The van der Waals surface area contributed by atoms with Crippen LogP contribution in [0.1, 0.15) is 28.4 Å². The molecule has 0 aliphatic carbocycles. The second-order valence-electron chi connectivity index (χ2n) is 4.81. The molecule has 0 heterocycles. The van der Waals surface area contributed by atoms with Gasteiger partial charge >= 0.3 is 0 Å². The maximum atomic E-state index is 12.2. The van der Waals surface area contributed by atoms with Gasteiger partial charge in [0.1, 0.15) is 0 Å². The Labute approximate surface area is 113 Å². The molecule has 2 aromatic carbocycles. The van der Waals surface area contributed by atoms with Crippen LogP contribution in [0.5, 0.6) is 0 Å². The summed E-state index contributed by atoms with van der Waals surface area (Å²) < 4.78 is 0. The number of Topliss-reactive ketones (excluding diaryl/α,β-unsaturated/α-hetero) is 1. The van der Waals surface area contributed by atoms with Gasteiger partial charge in [0.2, 0.25) is 0 Å². The van der Waals surface area contributed by atoms with Crippen LogP contribution in [-0.4, -0.2) is 10.9 Å². The first kappa shape index (κ1) is 13.5. The van der Waals surface area contributed by atoms with Crippen LogP contribution in [0.15, 0.2) is 54.6 Å². The summed E-state index contributed by atoms with van der Waals surface area (Å²) in [6, 6.07) is 17.1. The molecule has 1 N–H and O–H groups in total. The van der Waals surface area contributed by atoms with E-state index in [1.807, 2.05) is 61.5 Å². The van der Waals surface area contributed by atoms with Crippen molar-refractivity contribution in [3.8, 4) is 0 Å². The lowest BCUT2D eigenvalue weighted by molar-refractivity contribution is 0.0929. The molecule has 0 aliphatic rings. The Balaban J connectivity index is 2.04. The molecule has 1 unspecified atom stereocenters. The number of benzene rings is 2. The Morgan fingerprint density at radius 3 is 2.16 bits per heavy atom. The third-order valence-electron chi connectivity index (χ3n) is 3.25. The fraction of sp³-hybridized carbons (Fsp3) is 0.235. The molecule has 0 saturated heterocycles. The highest BCUT2D eigenvalue weighted by atomic mass is 16.3. The molecule has 0 aromatic heterocycles. The molecule has 0 bridgehead atoms. The Hall–Kier alpha value is -1.93. The van der Waals surface area contributed by atoms with Crippen molar-refractivity contribution in [1.82, 2.24) is 0 Å². The maximum absolute atomic E-state index is 12.2. The largest absolute Gasteiger partial charge is 0.392 e. The Morgan fingerprint density at radius 2 is 1.58 bits per heavy atom. The number of rotatable bonds is 5. The third kappa shape index (κ3) is 3.52. The van der Waals surface area contributed by atoms with E-state index in [4.69, 9.17) is 5.11 Å². The Bertz CT molecular complexity index is 529. The van der Waals surface area contributed by atoms with Crippen molar-refractivity contribution in [3.63, 3.8) is 0 Å². The van der Waals surface area contributed by atoms with E-state index in [2.05, 4.69) is 0 Å². The topological polar surface area (TPSA) is 37.3 Å². The van der Waals surface area contributed by atoms with Gasteiger partial charge in [0, 0.05) is 11.5 Å². The number of ketones is 1. The number of hydrogen-bond donors (Lipinski definition) is 1. The minimum Gasteiger partial charge on any atom is -0.392 e. The van der Waals surface area contributed by atoms with Crippen molar-refractivity contribution in [2.75, 3.05) is 0 Å². The zero-order valence-corrected chi connectivity index (χ0v) is 11.0. The van der Waals surface area contributed by atoms with Gasteiger partial charge in [-0.15, -0.1) is 0 Å². The van der Waals surface area contributed by atoms with Crippen LogP contribution >= 0.6 is 0 Å². The van der Waals surface area contributed by atoms with Gasteiger partial charge < -0.3 is 5.11 Å². The van der Waals surface area contributed by atoms with Gasteiger partial charge in [0.25, 0.3) is 0 Å². The molecule has 0 saturated carbocycles. The summed E-state index contributed by atoms with van der Waals surface area (Å²) >= 11 is 0.